The standard InChI is InChI=1S/C24H28N4O3/c1-17-9-11-18(12-10-17)24-26-22(27-31-24)16-28-13-5-7-20(15-28)23(29)25-14-19-6-3-4-8-21(19)30-2/h3-4,6,8-12,20H,5,7,13-16H2,1-2H3,(H,25,29). The Morgan fingerprint density at radius 1 is 1.23 bits per heavy atom. The van der Waals surface area contributed by atoms with E-state index in [1.165, 1.54) is 5.56 Å². The largest absolute Gasteiger partial charge is 0.496 e. The summed E-state index contributed by atoms with van der Waals surface area (Å²) in [6, 6.07) is 15.8. The Bertz CT molecular complexity index is 1020. The third kappa shape index (κ3) is 5.30. The predicted octanol–water partition coefficient (Wildman–Crippen LogP) is 3.58. The van der Waals surface area contributed by atoms with Crippen LogP contribution in [0, 0.1) is 12.8 Å². The van der Waals surface area contributed by atoms with Crippen LogP contribution in [0.15, 0.2) is 53.1 Å². The highest BCUT2D eigenvalue weighted by Gasteiger charge is 2.26. The van der Waals surface area contributed by atoms with Gasteiger partial charge in [-0.1, -0.05) is 41.1 Å². The van der Waals surface area contributed by atoms with Gasteiger partial charge in [-0.3, -0.25) is 9.69 Å². The molecule has 7 nitrogen and oxygen atoms in total. The van der Waals surface area contributed by atoms with Crippen LogP contribution in [0.2, 0.25) is 0 Å². The molecule has 1 aliphatic rings. The highest BCUT2D eigenvalue weighted by Crippen LogP contribution is 2.22. The van der Waals surface area contributed by atoms with E-state index in [1.807, 2.05) is 55.5 Å². The van der Waals surface area contributed by atoms with Gasteiger partial charge in [0.25, 0.3) is 5.89 Å². The summed E-state index contributed by atoms with van der Waals surface area (Å²) in [5, 5.41) is 7.19. The van der Waals surface area contributed by atoms with Crippen LogP contribution in [0.1, 0.15) is 29.8 Å². The molecular weight excluding hydrogens is 392 g/mol. The maximum atomic E-state index is 12.8. The lowest BCUT2D eigenvalue weighted by molar-refractivity contribution is -0.127. The minimum Gasteiger partial charge on any atom is -0.496 e. The molecule has 0 aliphatic carbocycles. The first kappa shape index (κ1) is 21.1. The molecule has 3 aromatic rings. The van der Waals surface area contributed by atoms with Crippen LogP contribution in [-0.2, 0) is 17.9 Å². The molecule has 2 aromatic carbocycles. The summed E-state index contributed by atoms with van der Waals surface area (Å²) in [6.07, 6.45) is 1.85. The number of methoxy groups -OCH3 is 1. The highest BCUT2D eigenvalue weighted by molar-refractivity contribution is 5.79. The molecule has 0 spiro atoms. The number of nitrogens with one attached hydrogen (secondary N) is 1. The molecule has 1 saturated heterocycles. The van der Waals surface area contributed by atoms with Gasteiger partial charge >= 0.3 is 0 Å². The first-order chi connectivity index (χ1) is 15.1. The topological polar surface area (TPSA) is 80.5 Å². The molecule has 1 unspecified atom stereocenters. The van der Waals surface area contributed by atoms with Gasteiger partial charge in [0.2, 0.25) is 5.91 Å². The van der Waals surface area contributed by atoms with Gasteiger partial charge in [-0.2, -0.15) is 4.98 Å². The van der Waals surface area contributed by atoms with Gasteiger partial charge < -0.3 is 14.6 Å². The molecule has 1 amide bonds. The third-order valence-corrected chi connectivity index (χ3v) is 5.65. The Hall–Kier alpha value is -3.19. The van der Waals surface area contributed by atoms with Crippen LogP contribution in [0.4, 0.5) is 0 Å². The number of amides is 1. The number of hydrogen-bond acceptors (Lipinski definition) is 6. The SMILES string of the molecule is COc1ccccc1CNC(=O)C1CCCN(Cc2noc(-c3ccc(C)cc3)n2)C1. The van der Waals surface area contributed by atoms with Crippen molar-refractivity contribution in [2.24, 2.45) is 5.92 Å². The molecule has 1 N–H and O–H groups in total. The molecule has 1 aromatic heterocycles. The number of nitrogens with zero attached hydrogens (tertiary/aromatic N) is 3. The summed E-state index contributed by atoms with van der Waals surface area (Å²) >= 11 is 0. The minimum absolute atomic E-state index is 0.0491. The molecule has 0 saturated carbocycles. The summed E-state index contributed by atoms with van der Waals surface area (Å²) in [4.78, 5) is 19.5. The van der Waals surface area contributed by atoms with E-state index in [9.17, 15) is 4.79 Å². The molecule has 2 heterocycles. The third-order valence-electron chi connectivity index (χ3n) is 5.65. The maximum absolute atomic E-state index is 12.8. The molecule has 4 rings (SSSR count). The van der Waals surface area contributed by atoms with Crippen molar-refractivity contribution in [2.45, 2.75) is 32.9 Å². The number of para-hydroxylation sites is 1. The van der Waals surface area contributed by atoms with Crippen molar-refractivity contribution in [1.29, 1.82) is 0 Å². The van der Waals surface area contributed by atoms with E-state index < -0.39 is 0 Å². The number of aromatic nitrogens is 2. The second-order valence-corrected chi connectivity index (χ2v) is 7.99. The van der Waals surface area contributed by atoms with Crippen molar-refractivity contribution in [2.75, 3.05) is 20.2 Å². The second kappa shape index (κ2) is 9.75. The zero-order valence-electron chi connectivity index (χ0n) is 18.0. The Balaban J connectivity index is 1.32. The molecule has 0 radical (unpaired) electrons. The zero-order chi connectivity index (χ0) is 21.6. The summed E-state index contributed by atoms with van der Waals surface area (Å²) in [7, 11) is 1.64. The van der Waals surface area contributed by atoms with E-state index >= 15 is 0 Å². The van der Waals surface area contributed by atoms with Crippen molar-refractivity contribution in [3.05, 3.63) is 65.5 Å². The average Bonchev–Trinajstić information content (AvgIpc) is 3.26. The van der Waals surface area contributed by atoms with Crippen molar-refractivity contribution in [3.63, 3.8) is 0 Å². The average molecular weight is 421 g/mol. The number of rotatable bonds is 7. The lowest BCUT2D eigenvalue weighted by atomic mass is 9.97. The normalized spacial score (nSPS) is 16.8. The monoisotopic (exact) mass is 420 g/mol. The number of ether oxygens (including phenoxy) is 1. The van der Waals surface area contributed by atoms with Gasteiger partial charge in [-0.15, -0.1) is 0 Å². The highest BCUT2D eigenvalue weighted by atomic mass is 16.5. The van der Waals surface area contributed by atoms with E-state index in [0.717, 1.165) is 36.3 Å². The molecule has 0 bridgehead atoms. The molecule has 7 heteroatoms. The van der Waals surface area contributed by atoms with Crippen LogP contribution in [-0.4, -0.2) is 41.1 Å². The summed E-state index contributed by atoms with van der Waals surface area (Å²) in [5.74, 6) is 1.98. The van der Waals surface area contributed by atoms with E-state index in [1.54, 1.807) is 7.11 Å². The van der Waals surface area contributed by atoms with Crippen LogP contribution in [0.5, 0.6) is 5.75 Å². The fourth-order valence-electron chi connectivity index (χ4n) is 3.92. The first-order valence-electron chi connectivity index (χ1n) is 10.6. The molecule has 1 atom stereocenters. The fourth-order valence-corrected chi connectivity index (χ4v) is 3.92. The number of piperidine rings is 1. The Labute approximate surface area is 182 Å². The molecule has 31 heavy (non-hydrogen) atoms. The van der Waals surface area contributed by atoms with Gasteiger partial charge in [-0.25, -0.2) is 0 Å². The van der Waals surface area contributed by atoms with Crippen LogP contribution in [0.25, 0.3) is 11.5 Å². The number of likely N-dealkylation sites (tertiary alicyclic amines) is 1. The Morgan fingerprint density at radius 2 is 2.03 bits per heavy atom. The van der Waals surface area contributed by atoms with Gasteiger partial charge in [0, 0.05) is 24.2 Å². The zero-order valence-corrected chi connectivity index (χ0v) is 18.0. The lowest BCUT2D eigenvalue weighted by Crippen LogP contribution is -2.42. The fraction of sp³-hybridized carbons (Fsp3) is 0.375. The number of benzene rings is 2. The summed E-state index contributed by atoms with van der Waals surface area (Å²) in [6.45, 7) is 4.69. The number of hydrogen-bond donors (Lipinski definition) is 1. The van der Waals surface area contributed by atoms with Crippen molar-refractivity contribution in [3.8, 4) is 17.2 Å². The Kier molecular flexibility index (Phi) is 6.62. The predicted molar refractivity (Wildman–Crippen MR) is 117 cm³/mol. The lowest BCUT2D eigenvalue weighted by Gasteiger charge is -2.31. The molecule has 1 fully saturated rings. The van der Waals surface area contributed by atoms with E-state index in [0.29, 0.717) is 31.3 Å². The molecular formula is C24H28N4O3. The number of aryl methyl sites for hydroxylation is 1. The van der Waals surface area contributed by atoms with E-state index in [2.05, 4.69) is 20.4 Å². The quantitative estimate of drug-likeness (QED) is 0.629. The van der Waals surface area contributed by atoms with E-state index in [4.69, 9.17) is 9.26 Å². The second-order valence-electron chi connectivity index (χ2n) is 7.99. The summed E-state index contributed by atoms with van der Waals surface area (Å²) < 4.78 is 10.8. The maximum Gasteiger partial charge on any atom is 0.257 e. The van der Waals surface area contributed by atoms with Crippen LogP contribution in [0.3, 0.4) is 0 Å². The van der Waals surface area contributed by atoms with Crippen molar-refractivity contribution < 1.29 is 14.1 Å². The minimum atomic E-state index is -0.0491. The molecule has 1 aliphatic heterocycles. The van der Waals surface area contributed by atoms with Crippen LogP contribution >= 0.6 is 0 Å². The number of carbonyl (C=O) groups excluding carboxylic acids is 1. The smallest absolute Gasteiger partial charge is 0.257 e. The van der Waals surface area contributed by atoms with Gasteiger partial charge in [0.1, 0.15) is 5.75 Å². The van der Waals surface area contributed by atoms with Gasteiger partial charge in [0.15, 0.2) is 5.82 Å². The molecule has 162 valence electrons. The number of carbonyl (C=O) groups is 1. The van der Waals surface area contributed by atoms with Gasteiger partial charge in [0.05, 0.1) is 19.6 Å². The summed E-state index contributed by atoms with van der Waals surface area (Å²) in [5.41, 5.74) is 3.07. The van der Waals surface area contributed by atoms with E-state index in [-0.39, 0.29) is 11.8 Å². The Morgan fingerprint density at radius 3 is 2.84 bits per heavy atom. The van der Waals surface area contributed by atoms with Gasteiger partial charge in [-0.05, 0) is 44.5 Å². The van der Waals surface area contributed by atoms with Crippen LogP contribution < -0.4 is 10.1 Å². The van der Waals surface area contributed by atoms with Crippen molar-refractivity contribution >= 4 is 5.91 Å². The first-order valence-corrected chi connectivity index (χ1v) is 10.6. The van der Waals surface area contributed by atoms with Crippen molar-refractivity contribution in [1.82, 2.24) is 20.4 Å².